The lowest BCUT2D eigenvalue weighted by atomic mass is 9.69. The van der Waals surface area contributed by atoms with Gasteiger partial charge < -0.3 is 11.1 Å². The number of rotatable bonds is 5. The van der Waals surface area contributed by atoms with Crippen molar-refractivity contribution in [1.29, 1.82) is 0 Å². The van der Waals surface area contributed by atoms with Crippen LogP contribution < -0.4 is 11.1 Å². The number of unbranched alkanes of at least 4 members (excludes halogenated alkanes) is 1. The average Bonchev–Trinajstić information content (AvgIpc) is 2.82. The molecule has 0 aromatic heterocycles. The number of allylic oxidation sites excluding steroid dienone is 1. The van der Waals surface area contributed by atoms with E-state index < -0.39 is 0 Å². The molecule has 1 heterocycles. The highest BCUT2D eigenvalue weighted by molar-refractivity contribution is 5.82. The van der Waals surface area contributed by atoms with Crippen molar-refractivity contribution in [3.8, 4) is 0 Å². The van der Waals surface area contributed by atoms with Gasteiger partial charge in [0.05, 0.1) is 6.04 Å². The molecular weight excluding hydrogens is 246 g/mol. The zero-order valence-corrected chi connectivity index (χ0v) is 13.0. The summed E-state index contributed by atoms with van der Waals surface area (Å²) in [6.07, 6.45) is 10.5. The van der Waals surface area contributed by atoms with Crippen LogP contribution in [0.25, 0.3) is 0 Å². The van der Waals surface area contributed by atoms with Crippen molar-refractivity contribution in [3.63, 3.8) is 0 Å². The molecule has 0 radical (unpaired) electrons. The van der Waals surface area contributed by atoms with Crippen molar-refractivity contribution < 1.29 is 0 Å². The number of hydrogen-bond donors (Lipinski definition) is 2. The van der Waals surface area contributed by atoms with Crippen LogP contribution in [0.15, 0.2) is 16.3 Å². The molecule has 20 heavy (non-hydrogen) atoms. The first-order valence-electron chi connectivity index (χ1n) is 8.58. The average molecular weight is 275 g/mol. The van der Waals surface area contributed by atoms with Gasteiger partial charge in [0.25, 0.3) is 0 Å². The highest BCUT2D eigenvalue weighted by Crippen LogP contribution is 2.50. The maximum absolute atomic E-state index is 6.04. The number of nitrogens with zero attached hydrogens (tertiary/aromatic N) is 1. The van der Waals surface area contributed by atoms with E-state index in [9.17, 15) is 0 Å². The van der Waals surface area contributed by atoms with Crippen LogP contribution in [0.1, 0.15) is 65.2 Å². The molecule has 0 bridgehead atoms. The molecule has 2 unspecified atom stereocenters. The van der Waals surface area contributed by atoms with Crippen LogP contribution in [0.3, 0.4) is 0 Å². The van der Waals surface area contributed by atoms with Crippen LogP contribution in [0.2, 0.25) is 0 Å². The summed E-state index contributed by atoms with van der Waals surface area (Å²) in [5.41, 5.74) is 9.16. The van der Waals surface area contributed by atoms with Crippen LogP contribution in [0.5, 0.6) is 0 Å². The molecule has 3 heteroatoms. The Balaban J connectivity index is 1.90. The summed E-state index contributed by atoms with van der Waals surface area (Å²) in [4.78, 5) is 4.64. The van der Waals surface area contributed by atoms with Gasteiger partial charge in [0.2, 0.25) is 0 Å². The van der Waals surface area contributed by atoms with E-state index in [4.69, 9.17) is 5.73 Å². The van der Waals surface area contributed by atoms with Crippen LogP contribution >= 0.6 is 0 Å². The van der Waals surface area contributed by atoms with Gasteiger partial charge in [-0.15, -0.1) is 0 Å². The lowest BCUT2D eigenvalue weighted by molar-refractivity contribution is 0.245. The summed E-state index contributed by atoms with van der Waals surface area (Å²) in [6.45, 7) is 4.61. The van der Waals surface area contributed by atoms with Gasteiger partial charge in [-0.2, -0.15) is 0 Å². The van der Waals surface area contributed by atoms with Crippen molar-refractivity contribution >= 4 is 5.96 Å². The Morgan fingerprint density at radius 1 is 1.20 bits per heavy atom. The van der Waals surface area contributed by atoms with Crippen molar-refractivity contribution in [2.24, 2.45) is 28.5 Å². The minimum absolute atomic E-state index is 0.406. The largest absolute Gasteiger partial charge is 0.370 e. The molecule has 1 fully saturated rings. The lowest BCUT2D eigenvalue weighted by Gasteiger charge is -2.40. The molecule has 0 aromatic rings. The third kappa shape index (κ3) is 2.36. The number of nitrogens with one attached hydrogen (secondary N) is 1. The van der Waals surface area contributed by atoms with Gasteiger partial charge in [0.15, 0.2) is 5.96 Å². The zero-order valence-electron chi connectivity index (χ0n) is 13.0. The van der Waals surface area contributed by atoms with Gasteiger partial charge in [-0.3, -0.25) is 0 Å². The maximum Gasteiger partial charge on any atom is 0.193 e. The molecule has 3 aliphatic rings. The Hall–Kier alpha value is -0.990. The first-order chi connectivity index (χ1) is 9.74. The Morgan fingerprint density at radius 2 is 2.05 bits per heavy atom. The second-order valence-corrected chi connectivity index (χ2v) is 6.83. The molecule has 0 spiro atoms. The Bertz CT molecular complexity index is 424. The second kappa shape index (κ2) is 5.79. The Labute approximate surface area is 123 Å². The van der Waals surface area contributed by atoms with Gasteiger partial charge in [-0.05, 0) is 43.1 Å². The van der Waals surface area contributed by atoms with E-state index in [1.54, 1.807) is 5.57 Å². The number of guanidine groups is 1. The minimum Gasteiger partial charge on any atom is -0.370 e. The fourth-order valence-corrected chi connectivity index (χ4v) is 4.70. The fraction of sp³-hybridized carbons (Fsp3) is 0.824. The molecule has 2 aliphatic carbocycles. The predicted octanol–water partition coefficient (Wildman–Crippen LogP) is 3.56. The summed E-state index contributed by atoms with van der Waals surface area (Å²) < 4.78 is 0. The summed E-state index contributed by atoms with van der Waals surface area (Å²) in [5.74, 6) is 3.00. The van der Waals surface area contributed by atoms with Gasteiger partial charge in [0, 0.05) is 11.6 Å². The number of nitrogens with two attached hydrogens (primary N) is 1. The molecule has 3 N–H and O–H groups in total. The molecule has 1 aliphatic heterocycles. The van der Waals surface area contributed by atoms with Crippen LogP contribution in [-0.4, -0.2) is 12.0 Å². The SMILES string of the molecule is CCCC[C@H]1C2=C3C(CCC3N=C(N)N2)C[C@H]1CCC. The summed E-state index contributed by atoms with van der Waals surface area (Å²) in [7, 11) is 0. The van der Waals surface area contributed by atoms with Crippen LogP contribution in [0.4, 0.5) is 0 Å². The van der Waals surface area contributed by atoms with E-state index in [1.807, 2.05) is 0 Å². The quantitative estimate of drug-likeness (QED) is 0.806. The topological polar surface area (TPSA) is 50.4 Å². The van der Waals surface area contributed by atoms with E-state index in [-0.39, 0.29) is 0 Å². The Kier molecular flexibility index (Phi) is 4.04. The lowest BCUT2D eigenvalue weighted by Crippen LogP contribution is -2.44. The van der Waals surface area contributed by atoms with Gasteiger partial charge >= 0.3 is 0 Å². The molecule has 1 saturated carbocycles. The van der Waals surface area contributed by atoms with E-state index in [0.717, 1.165) is 11.8 Å². The van der Waals surface area contributed by atoms with E-state index >= 15 is 0 Å². The number of hydrogen-bond acceptors (Lipinski definition) is 3. The molecule has 112 valence electrons. The van der Waals surface area contributed by atoms with Gasteiger partial charge in [0.1, 0.15) is 0 Å². The molecule has 0 saturated heterocycles. The second-order valence-electron chi connectivity index (χ2n) is 6.83. The standard InChI is InChI=1S/C17H29N3/c1-3-5-7-13-11(6-4-2)10-12-8-9-14-15(12)16(13)20-17(18)19-14/h11-14H,3-10H2,1-2H3,(H3,18,19,20)/t11-,12?,13-,14?/m1/s1. The van der Waals surface area contributed by atoms with Crippen molar-refractivity contribution in [3.05, 3.63) is 11.3 Å². The fourth-order valence-electron chi connectivity index (χ4n) is 4.70. The molecule has 3 nitrogen and oxygen atoms in total. The van der Waals surface area contributed by atoms with E-state index in [1.165, 1.54) is 57.1 Å². The highest BCUT2D eigenvalue weighted by atomic mass is 15.1. The third-order valence-electron chi connectivity index (χ3n) is 5.51. The third-order valence-corrected chi connectivity index (χ3v) is 5.51. The first kappa shape index (κ1) is 14.0. The zero-order chi connectivity index (χ0) is 14.1. The number of aliphatic imine (C=N–C) groups is 1. The summed E-state index contributed by atoms with van der Waals surface area (Å²) >= 11 is 0. The summed E-state index contributed by atoms with van der Waals surface area (Å²) in [5, 5.41) is 3.47. The minimum atomic E-state index is 0.406. The van der Waals surface area contributed by atoms with Crippen LogP contribution in [-0.2, 0) is 0 Å². The normalized spacial score (nSPS) is 35.6. The van der Waals surface area contributed by atoms with E-state index in [2.05, 4.69) is 24.2 Å². The van der Waals surface area contributed by atoms with Gasteiger partial charge in [-0.25, -0.2) is 4.99 Å². The Morgan fingerprint density at radius 3 is 2.80 bits per heavy atom. The van der Waals surface area contributed by atoms with E-state index in [0.29, 0.717) is 17.9 Å². The van der Waals surface area contributed by atoms with Crippen molar-refractivity contribution in [2.75, 3.05) is 0 Å². The molecular formula is C17H29N3. The molecule has 4 atom stereocenters. The molecule has 0 aromatic carbocycles. The smallest absolute Gasteiger partial charge is 0.193 e. The van der Waals surface area contributed by atoms with Crippen molar-refractivity contribution in [2.45, 2.75) is 71.3 Å². The maximum atomic E-state index is 6.04. The van der Waals surface area contributed by atoms with Crippen LogP contribution in [0, 0.1) is 17.8 Å². The van der Waals surface area contributed by atoms with Crippen molar-refractivity contribution in [1.82, 2.24) is 5.32 Å². The first-order valence-corrected chi connectivity index (χ1v) is 8.58. The van der Waals surface area contributed by atoms with Gasteiger partial charge in [-0.1, -0.05) is 39.5 Å². The highest BCUT2D eigenvalue weighted by Gasteiger charge is 2.43. The molecule has 3 rings (SSSR count). The monoisotopic (exact) mass is 275 g/mol. The predicted molar refractivity (Wildman–Crippen MR) is 84.3 cm³/mol. The summed E-state index contributed by atoms with van der Waals surface area (Å²) in [6, 6.07) is 0.406. The molecule has 0 amide bonds.